The van der Waals surface area contributed by atoms with Gasteiger partial charge in [-0.2, -0.15) is 9.89 Å². The number of para-hydroxylation sites is 1. The van der Waals surface area contributed by atoms with Crippen molar-refractivity contribution in [3.63, 3.8) is 0 Å². The van der Waals surface area contributed by atoms with E-state index in [2.05, 4.69) is 20.7 Å². The molecule has 1 aromatic heterocycles. The molecule has 2 aliphatic rings. The van der Waals surface area contributed by atoms with Crippen molar-refractivity contribution in [2.75, 3.05) is 30.0 Å². The first kappa shape index (κ1) is 27.2. The van der Waals surface area contributed by atoms with Gasteiger partial charge in [-0.1, -0.05) is 18.2 Å². The van der Waals surface area contributed by atoms with Crippen LogP contribution in [-0.4, -0.2) is 56.2 Å². The summed E-state index contributed by atoms with van der Waals surface area (Å²) in [4.78, 5) is 15.0. The molecule has 214 valence electrons. The molecule has 2 saturated heterocycles. The minimum Gasteiger partial charge on any atom is -0.359 e. The summed E-state index contributed by atoms with van der Waals surface area (Å²) >= 11 is 0. The van der Waals surface area contributed by atoms with Crippen LogP contribution >= 0.6 is 0 Å². The van der Waals surface area contributed by atoms with Gasteiger partial charge < -0.3 is 15.4 Å². The monoisotopic (exact) mass is 577 g/mol. The van der Waals surface area contributed by atoms with Crippen LogP contribution < -0.4 is 15.6 Å². The number of hydrogen-bond donors (Lipinski definition) is 2. The molecule has 11 heteroatoms. The summed E-state index contributed by atoms with van der Waals surface area (Å²) < 4.78 is 45.7. The molecule has 2 unspecified atom stereocenters. The van der Waals surface area contributed by atoms with Crippen LogP contribution in [0.1, 0.15) is 42.5 Å². The lowest BCUT2D eigenvalue weighted by molar-refractivity contribution is 0.0343. The Morgan fingerprint density at radius 3 is 2.68 bits per heavy atom. The van der Waals surface area contributed by atoms with Crippen LogP contribution in [-0.2, 0) is 14.6 Å². The Balaban J connectivity index is 1.16. The zero-order valence-electron chi connectivity index (χ0n) is 22.5. The number of halogens is 1. The standard InChI is InChI=1S/C30H32FN5O4S/c31-22-7-5-9-24(18-22)41(38,39)25-13-14-28-21(17-25)19-33-36(28)35-15-6-8-23(35)20-32-30(37)26-10-1-2-11-27(26)34-29-12-3-4-16-40-29/h1-2,5,7,9-11,13-14,17-19,23,29,34H,3-4,6,8,12,15-16,20H2,(H,32,37). The van der Waals surface area contributed by atoms with Crippen molar-refractivity contribution in [2.45, 2.75) is 54.2 Å². The second-order valence-electron chi connectivity index (χ2n) is 10.4. The zero-order valence-corrected chi connectivity index (χ0v) is 23.3. The SMILES string of the molecule is O=C(NCC1CCCN1n1ncc2cc(S(=O)(=O)c3cccc(F)c3)ccc21)c1ccccc1NC1CCCCO1. The number of nitrogens with zero attached hydrogens (tertiary/aromatic N) is 3. The number of carbonyl (C=O) groups is 1. The average molecular weight is 578 g/mol. The van der Waals surface area contributed by atoms with E-state index in [0.717, 1.165) is 62.5 Å². The normalized spacial score (nSPS) is 19.4. The Kier molecular flexibility index (Phi) is 7.63. The number of fused-ring (bicyclic) bond motifs is 1. The van der Waals surface area contributed by atoms with E-state index in [-0.39, 0.29) is 28.0 Å². The van der Waals surface area contributed by atoms with Crippen molar-refractivity contribution in [3.05, 3.63) is 84.3 Å². The maximum atomic E-state index is 13.7. The molecule has 4 aromatic rings. The number of ether oxygens (including phenoxy) is 1. The van der Waals surface area contributed by atoms with Gasteiger partial charge in [0.05, 0.1) is 33.1 Å². The van der Waals surface area contributed by atoms with Crippen molar-refractivity contribution < 1.29 is 22.3 Å². The highest BCUT2D eigenvalue weighted by Crippen LogP contribution is 2.27. The number of benzene rings is 3. The van der Waals surface area contributed by atoms with Gasteiger partial charge >= 0.3 is 0 Å². The van der Waals surface area contributed by atoms with Crippen LogP contribution in [0, 0.1) is 5.82 Å². The Bertz CT molecular complexity index is 1670. The van der Waals surface area contributed by atoms with Crippen LogP contribution in [0.3, 0.4) is 0 Å². The predicted octanol–water partition coefficient (Wildman–Crippen LogP) is 4.48. The summed E-state index contributed by atoms with van der Waals surface area (Å²) in [7, 11) is -3.88. The fourth-order valence-corrected chi connectivity index (χ4v) is 6.88. The van der Waals surface area contributed by atoms with Gasteiger partial charge in [0.1, 0.15) is 12.0 Å². The van der Waals surface area contributed by atoms with Gasteiger partial charge in [-0.05, 0) is 80.6 Å². The smallest absolute Gasteiger partial charge is 0.253 e. The first-order chi connectivity index (χ1) is 19.9. The van der Waals surface area contributed by atoms with Gasteiger partial charge in [0.15, 0.2) is 0 Å². The molecule has 6 rings (SSSR count). The van der Waals surface area contributed by atoms with Crippen molar-refractivity contribution >= 4 is 32.3 Å². The summed E-state index contributed by atoms with van der Waals surface area (Å²) in [6.45, 7) is 1.90. The summed E-state index contributed by atoms with van der Waals surface area (Å²) in [5, 5.41) is 13.8. The molecule has 0 bridgehead atoms. The Morgan fingerprint density at radius 1 is 1.00 bits per heavy atom. The number of nitrogens with one attached hydrogen (secondary N) is 2. The van der Waals surface area contributed by atoms with Crippen LogP contribution in [0.5, 0.6) is 0 Å². The second-order valence-corrected chi connectivity index (χ2v) is 12.4. The molecule has 0 radical (unpaired) electrons. The quantitative estimate of drug-likeness (QED) is 0.318. The highest BCUT2D eigenvalue weighted by atomic mass is 32.2. The maximum absolute atomic E-state index is 13.7. The van der Waals surface area contributed by atoms with E-state index in [1.54, 1.807) is 23.1 Å². The lowest BCUT2D eigenvalue weighted by Gasteiger charge is -2.28. The van der Waals surface area contributed by atoms with Gasteiger partial charge in [-0.25, -0.2) is 12.8 Å². The zero-order chi connectivity index (χ0) is 28.4. The number of sulfone groups is 1. The summed E-state index contributed by atoms with van der Waals surface area (Å²) in [5.74, 6) is -0.765. The molecule has 2 N–H and O–H groups in total. The van der Waals surface area contributed by atoms with E-state index >= 15 is 0 Å². The molecule has 41 heavy (non-hydrogen) atoms. The highest BCUT2D eigenvalue weighted by Gasteiger charge is 2.28. The van der Waals surface area contributed by atoms with Gasteiger partial charge in [-0.3, -0.25) is 9.80 Å². The first-order valence-corrected chi connectivity index (χ1v) is 15.4. The van der Waals surface area contributed by atoms with E-state index in [4.69, 9.17) is 4.74 Å². The minimum atomic E-state index is -3.88. The second kappa shape index (κ2) is 11.5. The number of aromatic nitrogens is 2. The van der Waals surface area contributed by atoms with Crippen LogP contribution in [0.15, 0.2) is 82.7 Å². The van der Waals surface area contributed by atoms with E-state index in [0.29, 0.717) is 17.5 Å². The molecule has 1 amide bonds. The van der Waals surface area contributed by atoms with Crippen LogP contribution in [0.25, 0.3) is 10.9 Å². The molecule has 0 aliphatic carbocycles. The molecule has 2 atom stereocenters. The molecule has 2 fully saturated rings. The Hall–Kier alpha value is -3.96. The Labute approximate surface area is 238 Å². The topological polar surface area (TPSA) is 106 Å². The van der Waals surface area contributed by atoms with E-state index in [1.165, 1.54) is 24.3 Å². The van der Waals surface area contributed by atoms with Gasteiger partial charge in [0.25, 0.3) is 5.91 Å². The van der Waals surface area contributed by atoms with Gasteiger partial charge in [0, 0.05) is 30.8 Å². The molecule has 2 aliphatic heterocycles. The van der Waals surface area contributed by atoms with Crippen molar-refractivity contribution in [1.29, 1.82) is 0 Å². The third-order valence-electron chi connectivity index (χ3n) is 7.69. The maximum Gasteiger partial charge on any atom is 0.253 e. The lowest BCUT2D eigenvalue weighted by atomic mass is 10.1. The predicted molar refractivity (Wildman–Crippen MR) is 154 cm³/mol. The molecule has 3 heterocycles. The summed E-state index contributed by atoms with van der Waals surface area (Å²) in [6.07, 6.45) is 6.40. The molecule has 0 saturated carbocycles. The minimum absolute atomic E-state index is 0.0135. The molecule has 9 nitrogen and oxygen atoms in total. The van der Waals surface area contributed by atoms with E-state index in [1.807, 2.05) is 24.3 Å². The summed E-state index contributed by atoms with van der Waals surface area (Å²) in [6, 6.07) is 17.3. The van der Waals surface area contributed by atoms with Gasteiger partial charge in [-0.15, -0.1) is 0 Å². The first-order valence-electron chi connectivity index (χ1n) is 13.9. The van der Waals surface area contributed by atoms with Crippen molar-refractivity contribution in [3.8, 4) is 0 Å². The third-order valence-corrected chi connectivity index (χ3v) is 9.44. The average Bonchev–Trinajstić information content (AvgIpc) is 3.63. The van der Waals surface area contributed by atoms with Crippen LogP contribution in [0.4, 0.5) is 10.1 Å². The molecular weight excluding hydrogens is 545 g/mol. The van der Waals surface area contributed by atoms with E-state index in [9.17, 15) is 17.6 Å². The van der Waals surface area contributed by atoms with Gasteiger partial charge in [0.2, 0.25) is 9.84 Å². The number of amides is 1. The lowest BCUT2D eigenvalue weighted by Crippen LogP contribution is -2.46. The molecule has 0 spiro atoms. The van der Waals surface area contributed by atoms with Crippen molar-refractivity contribution in [1.82, 2.24) is 15.2 Å². The molecule has 3 aromatic carbocycles. The number of anilines is 1. The number of rotatable bonds is 8. The fraction of sp³-hybridized carbons (Fsp3) is 0.333. The highest BCUT2D eigenvalue weighted by molar-refractivity contribution is 7.91. The Morgan fingerprint density at radius 2 is 1.85 bits per heavy atom. The number of hydrogen-bond acceptors (Lipinski definition) is 7. The molecular formula is C30H32FN5O4S. The number of carbonyl (C=O) groups excluding carboxylic acids is 1. The summed E-state index contributed by atoms with van der Waals surface area (Å²) in [5.41, 5.74) is 2.08. The van der Waals surface area contributed by atoms with Crippen LogP contribution in [0.2, 0.25) is 0 Å². The van der Waals surface area contributed by atoms with Crippen molar-refractivity contribution in [2.24, 2.45) is 0 Å². The third kappa shape index (κ3) is 5.64. The van der Waals surface area contributed by atoms with E-state index < -0.39 is 15.7 Å². The fourth-order valence-electron chi connectivity index (χ4n) is 5.56. The largest absolute Gasteiger partial charge is 0.359 e.